The zero-order valence-corrected chi connectivity index (χ0v) is 6.44. The number of allylic oxidation sites excluding steroid dienone is 1. The number of hydrogen-bond donors (Lipinski definition) is 1. The van der Waals surface area contributed by atoms with Crippen LogP contribution >= 0.6 is 11.8 Å². The van der Waals surface area contributed by atoms with Crippen molar-refractivity contribution in [2.24, 2.45) is 5.73 Å². The van der Waals surface area contributed by atoms with Gasteiger partial charge in [-0.2, -0.15) is 0 Å². The highest BCUT2D eigenvalue weighted by Gasteiger charge is 2.04. The molecule has 0 rings (SSSR count). The summed E-state index contributed by atoms with van der Waals surface area (Å²) < 4.78 is 0. The fourth-order valence-corrected chi connectivity index (χ4v) is 0.727. The lowest BCUT2D eigenvalue weighted by Gasteiger charge is -1.97. The normalized spacial score (nSPS) is 14.1. The molecule has 3 heteroatoms. The molecule has 52 valence electrons. The van der Waals surface area contributed by atoms with Gasteiger partial charge in [-0.05, 0) is 19.3 Å². The van der Waals surface area contributed by atoms with E-state index in [4.69, 9.17) is 5.73 Å². The zero-order valence-electron chi connectivity index (χ0n) is 5.63. The molecule has 0 aromatic heterocycles. The van der Waals surface area contributed by atoms with Gasteiger partial charge in [-0.25, -0.2) is 0 Å². The van der Waals surface area contributed by atoms with Crippen LogP contribution in [0.25, 0.3) is 0 Å². The Labute approximate surface area is 59.5 Å². The van der Waals surface area contributed by atoms with Gasteiger partial charge in [-0.15, -0.1) is 0 Å². The van der Waals surface area contributed by atoms with Crippen molar-refractivity contribution in [2.45, 2.75) is 19.9 Å². The molecule has 0 heterocycles. The lowest BCUT2D eigenvalue weighted by atomic mass is 10.4. The summed E-state index contributed by atoms with van der Waals surface area (Å²) in [5.74, 6) is 0. The lowest BCUT2D eigenvalue weighted by Crippen LogP contribution is -2.23. The Morgan fingerprint density at radius 2 is 2.33 bits per heavy atom. The minimum Gasteiger partial charge on any atom is -0.321 e. The summed E-state index contributed by atoms with van der Waals surface area (Å²) in [5, 5.41) is 1.74. The molecule has 0 aliphatic rings. The van der Waals surface area contributed by atoms with Crippen molar-refractivity contribution in [3.05, 3.63) is 11.5 Å². The summed E-state index contributed by atoms with van der Waals surface area (Å²) in [6.45, 7) is 3.54. The predicted octanol–water partition coefficient (Wildman–Crippen LogP) is 1.13. The van der Waals surface area contributed by atoms with Crippen LogP contribution < -0.4 is 5.73 Å². The molecule has 0 aliphatic carbocycles. The van der Waals surface area contributed by atoms with E-state index in [1.165, 1.54) is 0 Å². The molecular formula is C6H11NOS. The van der Waals surface area contributed by atoms with E-state index in [1.54, 1.807) is 12.3 Å². The Morgan fingerprint density at radius 1 is 1.78 bits per heavy atom. The average Bonchev–Trinajstić information content (AvgIpc) is 1.82. The van der Waals surface area contributed by atoms with Gasteiger partial charge < -0.3 is 5.73 Å². The van der Waals surface area contributed by atoms with Gasteiger partial charge in [0.05, 0.1) is 6.04 Å². The van der Waals surface area contributed by atoms with Gasteiger partial charge in [-0.1, -0.05) is 17.8 Å². The molecule has 0 radical (unpaired) electrons. The third kappa shape index (κ3) is 4.24. The van der Waals surface area contributed by atoms with E-state index in [0.717, 1.165) is 11.8 Å². The van der Waals surface area contributed by atoms with Crippen LogP contribution in [-0.2, 0) is 4.79 Å². The van der Waals surface area contributed by atoms with E-state index in [0.29, 0.717) is 0 Å². The zero-order chi connectivity index (χ0) is 7.28. The largest absolute Gasteiger partial charge is 0.321 e. The summed E-state index contributed by atoms with van der Waals surface area (Å²) in [4.78, 5) is 10.7. The van der Waals surface area contributed by atoms with Crippen LogP contribution in [0.5, 0.6) is 0 Å². The first-order valence-corrected chi connectivity index (χ1v) is 3.63. The van der Waals surface area contributed by atoms with Crippen molar-refractivity contribution in [2.75, 3.05) is 0 Å². The van der Waals surface area contributed by atoms with Crippen molar-refractivity contribution in [1.82, 2.24) is 0 Å². The first-order chi connectivity index (χ1) is 4.18. The molecule has 0 aromatic rings. The number of thioether (sulfide) groups is 1. The maximum atomic E-state index is 10.7. The summed E-state index contributed by atoms with van der Waals surface area (Å²) in [5.41, 5.74) is 5.27. The Hall–Kier alpha value is -0.280. The molecule has 0 saturated carbocycles. The number of carbonyl (C=O) groups is 1. The first kappa shape index (κ1) is 8.72. The van der Waals surface area contributed by atoms with Crippen molar-refractivity contribution in [1.29, 1.82) is 0 Å². The van der Waals surface area contributed by atoms with Gasteiger partial charge >= 0.3 is 0 Å². The van der Waals surface area contributed by atoms with Gasteiger partial charge in [-0.3, -0.25) is 4.79 Å². The fourth-order valence-electron chi connectivity index (χ4n) is 0.242. The monoisotopic (exact) mass is 145 g/mol. The Morgan fingerprint density at radius 3 is 2.67 bits per heavy atom. The third-order valence-electron chi connectivity index (χ3n) is 0.692. The van der Waals surface area contributed by atoms with E-state index in [9.17, 15) is 4.79 Å². The van der Waals surface area contributed by atoms with Gasteiger partial charge in [0.1, 0.15) is 0 Å². The van der Waals surface area contributed by atoms with Crippen molar-refractivity contribution in [3.63, 3.8) is 0 Å². The third-order valence-corrected chi connectivity index (χ3v) is 1.70. The molecule has 1 atom stereocenters. The topological polar surface area (TPSA) is 43.1 Å². The second-order valence-corrected chi connectivity index (χ2v) is 2.61. The Bertz CT molecular complexity index is 120. The van der Waals surface area contributed by atoms with E-state index in [1.807, 2.05) is 13.0 Å². The van der Waals surface area contributed by atoms with Crippen LogP contribution in [0.4, 0.5) is 0 Å². The predicted molar refractivity (Wildman–Crippen MR) is 41.1 cm³/mol. The fraction of sp³-hybridized carbons (Fsp3) is 0.500. The summed E-state index contributed by atoms with van der Waals surface area (Å²) in [6.07, 6.45) is 1.81. The second-order valence-electron chi connectivity index (χ2n) is 1.69. The molecule has 9 heavy (non-hydrogen) atoms. The highest BCUT2D eigenvalue weighted by Crippen LogP contribution is 2.04. The van der Waals surface area contributed by atoms with E-state index < -0.39 is 0 Å². The van der Waals surface area contributed by atoms with Crippen molar-refractivity contribution in [3.8, 4) is 0 Å². The molecule has 2 nitrogen and oxygen atoms in total. The molecule has 0 amide bonds. The van der Waals surface area contributed by atoms with E-state index >= 15 is 0 Å². The molecular weight excluding hydrogens is 134 g/mol. The highest BCUT2D eigenvalue weighted by molar-refractivity contribution is 8.16. The average molecular weight is 145 g/mol. The van der Waals surface area contributed by atoms with Crippen LogP contribution in [0, 0.1) is 0 Å². The molecule has 0 saturated heterocycles. The van der Waals surface area contributed by atoms with E-state index in [2.05, 4.69) is 0 Å². The summed E-state index contributed by atoms with van der Waals surface area (Å²) >= 11 is 1.14. The molecule has 0 unspecified atom stereocenters. The van der Waals surface area contributed by atoms with Crippen LogP contribution in [-0.4, -0.2) is 11.2 Å². The number of rotatable bonds is 2. The van der Waals surface area contributed by atoms with Crippen molar-refractivity contribution >= 4 is 16.9 Å². The van der Waals surface area contributed by atoms with E-state index in [-0.39, 0.29) is 11.2 Å². The highest BCUT2D eigenvalue weighted by atomic mass is 32.2. The number of hydrogen-bond acceptors (Lipinski definition) is 3. The van der Waals surface area contributed by atoms with Gasteiger partial charge in [0, 0.05) is 0 Å². The Balaban J connectivity index is 3.51. The molecule has 0 aromatic carbocycles. The summed E-state index contributed by atoms with van der Waals surface area (Å²) in [7, 11) is 0. The van der Waals surface area contributed by atoms with Crippen LogP contribution in [0.2, 0.25) is 0 Å². The second kappa shape index (κ2) is 4.58. The standard InChI is InChI=1S/C6H11NOS/c1-3-4-9-6(8)5(2)7/h3-5H,7H2,1-2H3/t5-/m0/s1. The SMILES string of the molecule is CC=CSC(=O)[C@H](C)N. The van der Waals surface area contributed by atoms with Crippen LogP contribution in [0.15, 0.2) is 11.5 Å². The van der Waals surface area contributed by atoms with Crippen molar-refractivity contribution < 1.29 is 4.79 Å². The molecule has 0 bridgehead atoms. The molecule has 0 fully saturated rings. The number of carbonyl (C=O) groups excluding carboxylic acids is 1. The minimum atomic E-state index is -0.355. The first-order valence-electron chi connectivity index (χ1n) is 2.75. The Kier molecular flexibility index (Phi) is 4.44. The van der Waals surface area contributed by atoms with Crippen LogP contribution in [0.3, 0.4) is 0 Å². The maximum Gasteiger partial charge on any atom is 0.209 e. The molecule has 0 aliphatic heterocycles. The maximum absolute atomic E-state index is 10.7. The van der Waals surface area contributed by atoms with Gasteiger partial charge in [0.2, 0.25) is 5.12 Å². The lowest BCUT2D eigenvalue weighted by molar-refractivity contribution is -0.111. The summed E-state index contributed by atoms with van der Waals surface area (Å²) in [6, 6.07) is -0.355. The van der Waals surface area contributed by atoms with Crippen LogP contribution in [0.1, 0.15) is 13.8 Å². The van der Waals surface area contributed by atoms with Gasteiger partial charge in [0.25, 0.3) is 0 Å². The quantitative estimate of drug-likeness (QED) is 0.633. The number of nitrogens with two attached hydrogens (primary N) is 1. The molecule has 0 spiro atoms. The molecule has 2 N–H and O–H groups in total. The minimum absolute atomic E-state index is 0.00750. The van der Waals surface area contributed by atoms with Gasteiger partial charge in [0.15, 0.2) is 0 Å². The smallest absolute Gasteiger partial charge is 0.209 e.